The number of hydrogen-bond acceptors (Lipinski definition) is 4. The van der Waals surface area contributed by atoms with Crippen LogP contribution in [0.1, 0.15) is 41.4 Å². The summed E-state index contributed by atoms with van der Waals surface area (Å²) in [4.78, 5) is 0. The van der Waals surface area contributed by atoms with Crippen molar-refractivity contribution in [2.24, 2.45) is 0 Å². The van der Waals surface area contributed by atoms with Crippen LogP contribution in [0.15, 0.2) is 78.9 Å². The molecular formula is C25H24N2O2. The van der Waals surface area contributed by atoms with Gasteiger partial charge in [-0.25, -0.2) is 0 Å². The normalized spacial score (nSPS) is 20.1. The molecule has 3 aromatic carbocycles. The second-order valence-electron chi connectivity index (χ2n) is 7.42. The van der Waals surface area contributed by atoms with Gasteiger partial charge in [0.2, 0.25) is 0 Å². The van der Waals surface area contributed by atoms with E-state index in [9.17, 15) is 0 Å². The Morgan fingerprint density at radius 3 is 2.48 bits per heavy atom. The molecular weight excluding hydrogens is 360 g/mol. The lowest BCUT2D eigenvalue weighted by Crippen LogP contribution is -2.43. The maximum absolute atomic E-state index is 6.42. The molecule has 0 unspecified atom stereocenters. The topological polar surface area (TPSA) is 33.7 Å². The van der Waals surface area contributed by atoms with Crippen molar-refractivity contribution in [2.45, 2.75) is 26.1 Å². The summed E-state index contributed by atoms with van der Waals surface area (Å²) >= 11 is 0. The van der Waals surface area contributed by atoms with Gasteiger partial charge in [-0.05, 0) is 43.7 Å². The molecule has 0 saturated carbocycles. The summed E-state index contributed by atoms with van der Waals surface area (Å²) in [5, 5.41) is 2.19. The summed E-state index contributed by atoms with van der Waals surface area (Å²) in [6, 6.07) is 25.1. The van der Waals surface area contributed by atoms with E-state index >= 15 is 0 Å². The average molecular weight is 384 g/mol. The van der Waals surface area contributed by atoms with Crippen LogP contribution in [-0.2, 0) is 0 Å². The van der Waals surface area contributed by atoms with Gasteiger partial charge >= 0.3 is 0 Å². The number of ether oxygens (including phenoxy) is 2. The molecule has 2 atom stereocenters. The first-order valence-electron chi connectivity index (χ1n) is 10.0. The highest BCUT2D eigenvalue weighted by molar-refractivity contribution is 5.67. The summed E-state index contributed by atoms with van der Waals surface area (Å²) in [6.07, 6.45) is 2.05. The van der Waals surface area contributed by atoms with Crippen molar-refractivity contribution in [2.75, 3.05) is 6.61 Å². The van der Waals surface area contributed by atoms with Crippen LogP contribution in [0.3, 0.4) is 0 Å². The van der Waals surface area contributed by atoms with Gasteiger partial charge in [0.1, 0.15) is 11.5 Å². The number of nitrogens with one attached hydrogen (secondary N) is 1. The molecule has 2 aliphatic rings. The Kier molecular flexibility index (Phi) is 4.49. The third-order valence-electron chi connectivity index (χ3n) is 5.44. The van der Waals surface area contributed by atoms with E-state index in [1.54, 1.807) is 0 Å². The molecule has 0 saturated heterocycles. The maximum atomic E-state index is 6.42. The molecule has 4 heteroatoms. The first-order valence-corrected chi connectivity index (χ1v) is 10.0. The number of benzene rings is 3. The molecule has 2 heterocycles. The van der Waals surface area contributed by atoms with Gasteiger partial charge in [0.15, 0.2) is 6.23 Å². The fourth-order valence-electron chi connectivity index (χ4n) is 3.96. The number of aryl methyl sites for hydroxylation is 1. The van der Waals surface area contributed by atoms with Gasteiger partial charge in [-0.1, -0.05) is 60.2 Å². The number of para-hydroxylation sites is 1. The van der Waals surface area contributed by atoms with Gasteiger partial charge < -0.3 is 14.9 Å². The van der Waals surface area contributed by atoms with Crippen molar-refractivity contribution in [3.05, 3.63) is 101 Å². The lowest BCUT2D eigenvalue weighted by molar-refractivity contribution is -0.0326. The lowest BCUT2D eigenvalue weighted by atomic mass is 10.0. The molecule has 0 amide bonds. The van der Waals surface area contributed by atoms with E-state index in [1.165, 1.54) is 16.7 Å². The summed E-state index contributed by atoms with van der Waals surface area (Å²) < 4.78 is 12.0. The minimum absolute atomic E-state index is 0.104. The number of rotatable bonds is 4. The molecule has 1 N–H and O–H groups in total. The summed E-state index contributed by atoms with van der Waals surface area (Å²) in [7, 11) is 0. The third-order valence-corrected chi connectivity index (χ3v) is 5.44. The molecule has 3 aromatic rings. The minimum atomic E-state index is -0.232. The Bertz CT molecular complexity index is 1040. The van der Waals surface area contributed by atoms with Crippen molar-refractivity contribution in [3.8, 4) is 11.5 Å². The highest BCUT2D eigenvalue weighted by Gasteiger charge is 2.39. The molecule has 0 spiro atoms. The fraction of sp³-hybridized carbons (Fsp3) is 0.200. The summed E-state index contributed by atoms with van der Waals surface area (Å²) in [5.41, 5.74) is 9.38. The Hall–Kier alpha value is -3.24. The first-order chi connectivity index (χ1) is 14.2. The van der Waals surface area contributed by atoms with E-state index in [2.05, 4.69) is 72.0 Å². The van der Waals surface area contributed by atoms with Crippen LogP contribution in [0, 0.1) is 6.92 Å². The highest BCUT2D eigenvalue weighted by Crippen LogP contribution is 2.45. The molecule has 146 valence electrons. The Balaban J connectivity index is 1.52. The molecule has 4 nitrogen and oxygen atoms in total. The van der Waals surface area contributed by atoms with Gasteiger partial charge in [-0.15, -0.1) is 0 Å². The molecule has 2 aliphatic heterocycles. The lowest BCUT2D eigenvalue weighted by Gasteiger charge is -2.39. The maximum Gasteiger partial charge on any atom is 0.195 e. The quantitative estimate of drug-likeness (QED) is 0.654. The standard InChI is InChI=1S/C25H24N2O2/c1-3-28-20-14-12-19(13-15-20)25-27-23(21-6-4-5-7-24(21)29-25)16-22(26-27)18-10-8-17(2)9-11-18/h4-16,23,25-26H,3H2,1-2H3/t23-,25+/m0/s1. The van der Waals surface area contributed by atoms with Crippen LogP contribution in [0.2, 0.25) is 0 Å². The van der Waals surface area contributed by atoms with Gasteiger partial charge in [0, 0.05) is 11.1 Å². The van der Waals surface area contributed by atoms with Crippen LogP contribution in [0.4, 0.5) is 0 Å². The highest BCUT2D eigenvalue weighted by atomic mass is 16.5. The van der Waals surface area contributed by atoms with Crippen LogP contribution in [0.25, 0.3) is 5.70 Å². The zero-order chi connectivity index (χ0) is 19.8. The fourth-order valence-corrected chi connectivity index (χ4v) is 3.96. The Morgan fingerprint density at radius 2 is 1.72 bits per heavy atom. The molecule has 0 aromatic heterocycles. The number of nitrogens with zero attached hydrogens (tertiary/aromatic N) is 1. The zero-order valence-electron chi connectivity index (χ0n) is 16.6. The molecule has 0 bridgehead atoms. The van der Waals surface area contributed by atoms with E-state index in [-0.39, 0.29) is 12.3 Å². The van der Waals surface area contributed by atoms with Crippen LogP contribution < -0.4 is 14.9 Å². The van der Waals surface area contributed by atoms with Gasteiger partial charge in [0.05, 0.1) is 18.3 Å². The molecule has 0 fully saturated rings. The van der Waals surface area contributed by atoms with Crippen molar-refractivity contribution < 1.29 is 9.47 Å². The number of hydrogen-bond donors (Lipinski definition) is 1. The van der Waals surface area contributed by atoms with Crippen molar-refractivity contribution in [1.82, 2.24) is 10.4 Å². The molecule has 0 aliphatic carbocycles. The van der Waals surface area contributed by atoms with Gasteiger partial charge in [0.25, 0.3) is 0 Å². The van der Waals surface area contributed by atoms with E-state index < -0.39 is 0 Å². The minimum Gasteiger partial charge on any atom is -0.494 e. The smallest absolute Gasteiger partial charge is 0.195 e. The summed E-state index contributed by atoms with van der Waals surface area (Å²) in [6.45, 7) is 4.76. The van der Waals surface area contributed by atoms with Crippen LogP contribution >= 0.6 is 0 Å². The first kappa shape index (κ1) is 17.8. The monoisotopic (exact) mass is 384 g/mol. The van der Waals surface area contributed by atoms with E-state index in [0.29, 0.717) is 6.61 Å². The van der Waals surface area contributed by atoms with E-state index in [0.717, 1.165) is 22.8 Å². The third kappa shape index (κ3) is 3.26. The van der Waals surface area contributed by atoms with Gasteiger partial charge in [-0.2, -0.15) is 5.01 Å². The van der Waals surface area contributed by atoms with E-state index in [1.807, 2.05) is 31.2 Å². The Labute approximate surface area is 171 Å². The Morgan fingerprint density at radius 1 is 0.966 bits per heavy atom. The van der Waals surface area contributed by atoms with Crippen LogP contribution in [0.5, 0.6) is 11.5 Å². The zero-order valence-corrected chi connectivity index (χ0v) is 16.6. The second kappa shape index (κ2) is 7.30. The van der Waals surface area contributed by atoms with Crippen molar-refractivity contribution in [3.63, 3.8) is 0 Å². The van der Waals surface area contributed by atoms with Crippen molar-refractivity contribution in [1.29, 1.82) is 0 Å². The number of fused-ring (bicyclic) bond motifs is 3. The molecule has 0 radical (unpaired) electrons. The van der Waals surface area contributed by atoms with Crippen LogP contribution in [-0.4, -0.2) is 11.6 Å². The van der Waals surface area contributed by atoms with E-state index in [4.69, 9.17) is 9.47 Å². The predicted octanol–water partition coefficient (Wildman–Crippen LogP) is 5.39. The number of hydrazine groups is 1. The SMILES string of the molecule is CCOc1ccc([C@H]2Oc3ccccc3[C@@H]3C=C(c4ccc(C)cc4)NN23)cc1. The largest absolute Gasteiger partial charge is 0.494 e. The predicted molar refractivity (Wildman–Crippen MR) is 114 cm³/mol. The molecule has 29 heavy (non-hydrogen) atoms. The van der Waals surface area contributed by atoms with Gasteiger partial charge in [-0.3, -0.25) is 0 Å². The molecule has 5 rings (SSSR count). The second-order valence-corrected chi connectivity index (χ2v) is 7.42. The summed E-state index contributed by atoms with van der Waals surface area (Å²) in [5.74, 6) is 1.80. The van der Waals surface area contributed by atoms with Crippen molar-refractivity contribution >= 4 is 5.70 Å². The average Bonchev–Trinajstić information content (AvgIpc) is 3.20.